The maximum absolute atomic E-state index is 12.7. The number of piperazine rings is 1. The second kappa shape index (κ2) is 9.20. The van der Waals surface area contributed by atoms with Crippen LogP contribution in [-0.4, -0.2) is 54.0 Å². The third-order valence-electron chi connectivity index (χ3n) is 5.20. The molecule has 2 aromatic heterocycles. The molecule has 0 radical (unpaired) electrons. The molecule has 1 aliphatic rings. The van der Waals surface area contributed by atoms with Crippen LogP contribution < -0.4 is 4.74 Å². The van der Waals surface area contributed by atoms with Gasteiger partial charge in [-0.05, 0) is 37.3 Å². The Morgan fingerprint density at radius 1 is 1.23 bits per heavy atom. The van der Waals surface area contributed by atoms with Crippen molar-refractivity contribution in [1.82, 2.24) is 14.8 Å². The molecule has 8 heteroatoms. The van der Waals surface area contributed by atoms with Crippen molar-refractivity contribution in [1.29, 1.82) is 0 Å². The Bertz CT molecular complexity index is 1020. The molecule has 1 saturated heterocycles. The van der Waals surface area contributed by atoms with Crippen molar-refractivity contribution in [2.45, 2.75) is 19.9 Å². The van der Waals surface area contributed by atoms with Gasteiger partial charge in [0.25, 0.3) is 0 Å². The summed E-state index contributed by atoms with van der Waals surface area (Å²) in [6.07, 6.45) is 0.318. The Kier molecular flexibility index (Phi) is 6.41. The molecule has 1 fully saturated rings. The minimum Gasteiger partial charge on any atom is -0.496 e. The number of hydrogen-bond acceptors (Lipinski definition) is 6. The largest absolute Gasteiger partial charge is 0.496 e. The maximum atomic E-state index is 12.7. The van der Waals surface area contributed by atoms with Crippen LogP contribution in [-0.2, 0) is 17.8 Å². The van der Waals surface area contributed by atoms with E-state index in [4.69, 9.17) is 20.8 Å². The number of nitrogens with zero attached hydrogens (tertiary/aromatic N) is 3. The summed E-state index contributed by atoms with van der Waals surface area (Å²) < 4.78 is 11.1. The molecule has 158 valence electrons. The molecule has 1 aliphatic heterocycles. The lowest BCUT2D eigenvalue weighted by atomic mass is 10.1. The molecule has 0 saturated carbocycles. The Labute approximate surface area is 185 Å². The van der Waals surface area contributed by atoms with Crippen molar-refractivity contribution in [3.8, 4) is 16.5 Å². The molecule has 0 bridgehead atoms. The lowest BCUT2D eigenvalue weighted by Crippen LogP contribution is -2.48. The second-order valence-corrected chi connectivity index (χ2v) is 8.64. The lowest BCUT2D eigenvalue weighted by molar-refractivity contribution is -0.132. The molecule has 6 nitrogen and oxygen atoms in total. The second-order valence-electron chi connectivity index (χ2n) is 7.34. The average Bonchev–Trinajstić information content (AvgIpc) is 3.37. The Hall–Kier alpha value is -2.35. The highest BCUT2D eigenvalue weighted by Gasteiger charge is 2.23. The van der Waals surface area contributed by atoms with E-state index in [-0.39, 0.29) is 5.91 Å². The molecule has 0 atom stereocenters. The molecule has 0 aliphatic carbocycles. The standard InChI is InChI=1S/C22H24ClN3O3S/c1-15-3-5-20(29-15)22-24-18(14-30-22)12-21(27)26-9-7-25(8-10-26)13-16-11-17(23)4-6-19(16)28-2/h3-6,11,14H,7-10,12-13H2,1-2H3. The van der Waals surface area contributed by atoms with Crippen LogP contribution in [0.5, 0.6) is 5.75 Å². The first kappa shape index (κ1) is 20.9. The highest BCUT2D eigenvalue weighted by atomic mass is 35.5. The molecule has 4 rings (SSSR count). The first-order chi connectivity index (χ1) is 14.5. The van der Waals surface area contributed by atoms with Gasteiger partial charge in [-0.25, -0.2) is 4.98 Å². The summed E-state index contributed by atoms with van der Waals surface area (Å²) in [5.41, 5.74) is 1.85. The summed E-state index contributed by atoms with van der Waals surface area (Å²) >= 11 is 7.64. The van der Waals surface area contributed by atoms with Crippen molar-refractivity contribution in [3.63, 3.8) is 0 Å². The summed E-state index contributed by atoms with van der Waals surface area (Å²) in [4.78, 5) is 21.5. The van der Waals surface area contributed by atoms with E-state index in [2.05, 4.69) is 9.88 Å². The maximum Gasteiger partial charge on any atom is 0.228 e. The van der Waals surface area contributed by atoms with E-state index in [0.29, 0.717) is 24.5 Å². The molecule has 3 heterocycles. The lowest BCUT2D eigenvalue weighted by Gasteiger charge is -2.35. The number of benzene rings is 1. The number of thiazole rings is 1. The number of aryl methyl sites for hydroxylation is 1. The molecule has 0 N–H and O–H groups in total. The number of rotatable bonds is 6. The Morgan fingerprint density at radius 2 is 2.03 bits per heavy atom. The number of furan rings is 1. The van der Waals surface area contributed by atoms with Crippen LogP contribution in [0.4, 0.5) is 0 Å². The average molecular weight is 446 g/mol. The molecule has 30 heavy (non-hydrogen) atoms. The molecular weight excluding hydrogens is 422 g/mol. The van der Waals surface area contributed by atoms with E-state index < -0.39 is 0 Å². The Morgan fingerprint density at radius 3 is 2.73 bits per heavy atom. The van der Waals surface area contributed by atoms with Crippen LogP contribution in [0.25, 0.3) is 10.8 Å². The van der Waals surface area contributed by atoms with E-state index in [0.717, 1.165) is 53.2 Å². The third kappa shape index (κ3) is 4.86. The van der Waals surface area contributed by atoms with Crippen molar-refractivity contribution in [2.75, 3.05) is 33.3 Å². The van der Waals surface area contributed by atoms with E-state index in [9.17, 15) is 4.79 Å². The van der Waals surface area contributed by atoms with Gasteiger partial charge in [-0.1, -0.05) is 11.6 Å². The SMILES string of the molecule is COc1ccc(Cl)cc1CN1CCN(C(=O)Cc2csc(-c3ccc(C)o3)n2)CC1. The van der Waals surface area contributed by atoms with Crippen LogP contribution in [0.1, 0.15) is 17.0 Å². The molecule has 1 amide bonds. The van der Waals surface area contributed by atoms with Gasteiger partial charge < -0.3 is 14.1 Å². The normalized spacial score (nSPS) is 14.8. The van der Waals surface area contributed by atoms with E-state index in [1.54, 1.807) is 7.11 Å². The van der Waals surface area contributed by atoms with Crippen LogP contribution in [0.3, 0.4) is 0 Å². The number of aromatic nitrogens is 1. The van der Waals surface area contributed by atoms with Crippen molar-refractivity contribution >= 4 is 28.8 Å². The van der Waals surface area contributed by atoms with Gasteiger partial charge in [0.2, 0.25) is 5.91 Å². The van der Waals surface area contributed by atoms with Gasteiger partial charge in [-0.15, -0.1) is 11.3 Å². The highest BCUT2D eigenvalue weighted by molar-refractivity contribution is 7.13. The van der Waals surface area contributed by atoms with Gasteiger partial charge in [-0.2, -0.15) is 0 Å². The van der Waals surface area contributed by atoms with Gasteiger partial charge >= 0.3 is 0 Å². The van der Waals surface area contributed by atoms with Crippen molar-refractivity contribution < 1.29 is 13.9 Å². The van der Waals surface area contributed by atoms with E-state index >= 15 is 0 Å². The zero-order valence-corrected chi connectivity index (χ0v) is 18.6. The quantitative estimate of drug-likeness (QED) is 0.567. The predicted molar refractivity (Wildman–Crippen MR) is 118 cm³/mol. The van der Waals surface area contributed by atoms with Crippen molar-refractivity contribution in [2.24, 2.45) is 0 Å². The number of carbonyl (C=O) groups excluding carboxylic acids is 1. The summed E-state index contributed by atoms with van der Waals surface area (Å²) in [7, 11) is 1.67. The van der Waals surface area contributed by atoms with Gasteiger partial charge in [-0.3, -0.25) is 9.69 Å². The first-order valence-electron chi connectivity index (χ1n) is 9.85. The van der Waals surface area contributed by atoms with Crippen LogP contribution in [0.15, 0.2) is 40.1 Å². The minimum atomic E-state index is 0.113. The summed E-state index contributed by atoms with van der Waals surface area (Å²) in [6, 6.07) is 9.49. The smallest absolute Gasteiger partial charge is 0.228 e. The third-order valence-corrected chi connectivity index (χ3v) is 6.34. The predicted octanol–water partition coefficient (Wildman–Crippen LogP) is 4.26. The summed E-state index contributed by atoms with van der Waals surface area (Å²) in [5.74, 6) is 2.55. The fourth-order valence-electron chi connectivity index (χ4n) is 3.58. The zero-order valence-electron chi connectivity index (χ0n) is 17.1. The van der Waals surface area contributed by atoms with Crippen LogP contribution in [0.2, 0.25) is 5.02 Å². The first-order valence-corrected chi connectivity index (χ1v) is 11.1. The number of amides is 1. The molecular formula is C22H24ClN3O3S. The monoisotopic (exact) mass is 445 g/mol. The molecule has 1 aromatic carbocycles. The van der Waals surface area contributed by atoms with E-state index in [1.807, 2.05) is 47.5 Å². The number of hydrogen-bond donors (Lipinski definition) is 0. The fourth-order valence-corrected chi connectivity index (χ4v) is 4.56. The molecule has 0 unspecified atom stereocenters. The van der Waals surface area contributed by atoms with Crippen LogP contribution in [0, 0.1) is 6.92 Å². The number of ether oxygens (including phenoxy) is 1. The van der Waals surface area contributed by atoms with Gasteiger partial charge in [0.15, 0.2) is 10.8 Å². The number of methoxy groups -OCH3 is 1. The van der Waals surface area contributed by atoms with Gasteiger partial charge in [0.1, 0.15) is 11.5 Å². The highest BCUT2D eigenvalue weighted by Crippen LogP contribution is 2.26. The fraction of sp³-hybridized carbons (Fsp3) is 0.364. The zero-order chi connectivity index (χ0) is 21.1. The minimum absolute atomic E-state index is 0.113. The topological polar surface area (TPSA) is 58.8 Å². The van der Waals surface area contributed by atoms with E-state index in [1.165, 1.54) is 11.3 Å². The van der Waals surface area contributed by atoms with Gasteiger partial charge in [0.05, 0.1) is 19.2 Å². The molecule has 0 spiro atoms. The van der Waals surface area contributed by atoms with Crippen molar-refractivity contribution in [3.05, 3.63) is 57.8 Å². The molecule has 3 aromatic rings. The number of halogens is 1. The summed E-state index contributed by atoms with van der Waals surface area (Å²) in [6.45, 7) is 5.70. The van der Waals surface area contributed by atoms with Gasteiger partial charge in [0, 0.05) is 48.7 Å². The van der Waals surface area contributed by atoms with Crippen LogP contribution >= 0.6 is 22.9 Å². The summed E-state index contributed by atoms with van der Waals surface area (Å²) in [5, 5.41) is 3.45. The number of carbonyl (C=O) groups is 1. The Balaban J connectivity index is 1.31.